The largest absolute Gasteiger partial charge is 0.334 e. The van der Waals surface area contributed by atoms with Gasteiger partial charge in [-0.25, -0.2) is 0 Å². The average Bonchev–Trinajstić information content (AvgIpc) is 2.15. The zero-order valence-corrected chi connectivity index (χ0v) is 14.4. The van der Waals surface area contributed by atoms with Crippen molar-refractivity contribution in [3.63, 3.8) is 0 Å². The Balaban J connectivity index is 4.60. The molecule has 0 aliphatic carbocycles. The van der Waals surface area contributed by atoms with Gasteiger partial charge in [0.15, 0.2) is 0 Å². The predicted octanol–water partition coefficient (Wildman–Crippen LogP) is 4.63. The van der Waals surface area contributed by atoms with Crippen LogP contribution in [0.1, 0.15) is 20.8 Å². The van der Waals surface area contributed by atoms with E-state index in [1.807, 2.05) is 26.8 Å². The van der Waals surface area contributed by atoms with Crippen molar-refractivity contribution >= 4 is 15.7 Å². The third-order valence-corrected chi connectivity index (χ3v) is 5.45. The fourth-order valence-corrected chi connectivity index (χ4v) is 3.81. The highest BCUT2D eigenvalue weighted by molar-refractivity contribution is 7.54. The van der Waals surface area contributed by atoms with Crippen LogP contribution in [0.4, 0.5) is 0 Å². The molecule has 0 aliphatic rings. The minimum Gasteiger partial charge on any atom is -0.309 e. The zero-order valence-electron chi connectivity index (χ0n) is 12.5. The van der Waals surface area contributed by atoms with E-state index in [0.29, 0.717) is 19.4 Å². The third-order valence-electron chi connectivity index (χ3n) is 2.07. The molecule has 0 spiro atoms. The van der Waals surface area contributed by atoms with Gasteiger partial charge in [-0.1, -0.05) is 43.1 Å². The topological polar surface area (TPSA) is 35.5 Å². The van der Waals surface area contributed by atoms with Crippen molar-refractivity contribution in [2.45, 2.75) is 40.4 Å². The van der Waals surface area contributed by atoms with Gasteiger partial charge in [0.2, 0.25) is 0 Å². The van der Waals surface area contributed by atoms with Crippen LogP contribution in [0.25, 0.3) is 0 Å². The van der Waals surface area contributed by atoms with Crippen molar-refractivity contribution in [3.8, 4) is 0 Å². The van der Waals surface area contributed by atoms with Gasteiger partial charge in [0, 0.05) is 0 Å². The monoisotopic (exact) mass is 290 g/mol. The van der Waals surface area contributed by atoms with Gasteiger partial charge >= 0.3 is 7.60 Å². The van der Waals surface area contributed by atoms with Crippen LogP contribution in [0.5, 0.6) is 0 Å². The second kappa shape index (κ2) is 8.11. The van der Waals surface area contributed by atoms with Crippen LogP contribution in [-0.2, 0) is 13.6 Å². The summed E-state index contributed by atoms with van der Waals surface area (Å²) in [5.74, 6) is 0. The van der Waals surface area contributed by atoms with Gasteiger partial charge < -0.3 is 9.05 Å². The van der Waals surface area contributed by atoms with Gasteiger partial charge in [0.05, 0.1) is 27.4 Å². The Bertz CT molecular complexity index is 333. The highest BCUT2D eigenvalue weighted by atomic mass is 31.2. The van der Waals surface area contributed by atoms with Gasteiger partial charge in [-0.3, -0.25) is 4.57 Å². The summed E-state index contributed by atoms with van der Waals surface area (Å²) in [7, 11) is -4.12. The first-order chi connectivity index (χ1) is 8.22. The smallest absolute Gasteiger partial charge is 0.309 e. The average molecular weight is 290 g/mol. The molecule has 0 fully saturated rings. The molecule has 0 radical (unpaired) electrons. The number of hydrogen-bond acceptors (Lipinski definition) is 3. The van der Waals surface area contributed by atoms with Crippen molar-refractivity contribution < 1.29 is 13.6 Å². The molecular formula is C13H27O3PSi. The van der Waals surface area contributed by atoms with E-state index < -0.39 is 15.7 Å². The maximum Gasteiger partial charge on any atom is 0.334 e. The molecule has 106 valence electrons. The molecule has 0 N–H and O–H groups in total. The molecule has 5 heteroatoms. The Hall–Kier alpha value is -0.153. The summed E-state index contributed by atoms with van der Waals surface area (Å²) in [6.07, 6.45) is 4.43. The van der Waals surface area contributed by atoms with Crippen LogP contribution in [0.15, 0.2) is 23.4 Å². The second-order valence-electron chi connectivity index (χ2n) is 5.34. The van der Waals surface area contributed by atoms with E-state index in [9.17, 15) is 4.57 Å². The summed E-state index contributed by atoms with van der Waals surface area (Å²) in [5, 5.41) is 0. The molecule has 0 saturated heterocycles. The number of rotatable bonds is 8. The molecule has 3 nitrogen and oxygen atoms in total. The molecule has 0 aliphatic heterocycles. The van der Waals surface area contributed by atoms with Crippen LogP contribution in [-0.4, -0.2) is 27.4 Å². The van der Waals surface area contributed by atoms with Gasteiger partial charge in [0.25, 0.3) is 0 Å². The summed E-state index contributed by atoms with van der Waals surface area (Å²) < 4.78 is 22.8. The fourth-order valence-electron chi connectivity index (χ4n) is 1.38. The lowest BCUT2D eigenvalue weighted by molar-refractivity contribution is 0.222. The van der Waals surface area contributed by atoms with Gasteiger partial charge in [-0.05, 0) is 20.8 Å². The van der Waals surface area contributed by atoms with E-state index in [2.05, 4.69) is 31.4 Å². The highest BCUT2D eigenvalue weighted by Gasteiger charge is 2.23. The lowest BCUT2D eigenvalue weighted by Crippen LogP contribution is -2.15. The lowest BCUT2D eigenvalue weighted by atomic mass is 10.3. The molecule has 0 amide bonds. The molecular weight excluding hydrogens is 263 g/mol. The number of allylic oxidation sites excluding steroid dienone is 3. The molecule has 0 aromatic rings. The summed E-state index contributed by atoms with van der Waals surface area (Å²) in [4.78, 5) is 0. The first kappa shape index (κ1) is 17.8. The van der Waals surface area contributed by atoms with Gasteiger partial charge in [0.1, 0.15) is 0 Å². The number of hydrogen-bond donors (Lipinski definition) is 0. The first-order valence-corrected chi connectivity index (χ1v) is 11.8. The molecule has 0 saturated carbocycles. The van der Waals surface area contributed by atoms with Gasteiger partial charge in [-0.15, -0.1) is 0 Å². The molecule has 0 heterocycles. The van der Waals surface area contributed by atoms with E-state index in [4.69, 9.17) is 9.05 Å². The van der Waals surface area contributed by atoms with Crippen LogP contribution in [0.2, 0.25) is 19.6 Å². The van der Waals surface area contributed by atoms with E-state index >= 15 is 0 Å². The highest BCUT2D eigenvalue weighted by Crippen LogP contribution is 2.49. The molecule has 18 heavy (non-hydrogen) atoms. The Labute approximate surface area is 113 Å². The van der Waals surface area contributed by atoms with Crippen molar-refractivity contribution in [3.05, 3.63) is 23.4 Å². The van der Waals surface area contributed by atoms with Crippen LogP contribution in [0.3, 0.4) is 0 Å². The Morgan fingerprint density at radius 1 is 1.17 bits per heavy atom. The quantitative estimate of drug-likeness (QED) is 0.371. The normalized spacial score (nSPS) is 14.4. The summed E-state index contributed by atoms with van der Waals surface area (Å²) >= 11 is 0. The minimum atomic E-state index is -2.95. The van der Waals surface area contributed by atoms with Crippen molar-refractivity contribution in [1.29, 1.82) is 0 Å². The van der Waals surface area contributed by atoms with Crippen molar-refractivity contribution in [1.82, 2.24) is 0 Å². The van der Waals surface area contributed by atoms with E-state index in [1.165, 1.54) is 0 Å². The third kappa shape index (κ3) is 8.87. The molecule has 0 rings (SSSR count). The Morgan fingerprint density at radius 3 is 2.06 bits per heavy atom. The molecule has 0 atom stereocenters. The predicted molar refractivity (Wildman–Crippen MR) is 82.0 cm³/mol. The molecule has 0 aromatic carbocycles. The standard InChI is InChI=1S/C13H27O3PSi/c1-7-15-17(14,16-8-2)12-13(3)10-9-11-18(4,5)6/h9-11H,7-8,12H2,1-6H3/b11-9+,13-10+. The molecule has 0 unspecified atom stereocenters. The summed E-state index contributed by atoms with van der Waals surface area (Å²) in [6.45, 7) is 13.3. The van der Waals surface area contributed by atoms with E-state index in [1.54, 1.807) is 0 Å². The zero-order chi connectivity index (χ0) is 14.2. The fraction of sp³-hybridized carbons (Fsp3) is 0.692. The second-order valence-corrected chi connectivity index (χ2v) is 12.5. The van der Waals surface area contributed by atoms with Gasteiger partial charge in [-0.2, -0.15) is 0 Å². The van der Waals surface area contributed by atoms with Crippen molar-refractivity contribution in [2.75, 3.05) is 19.4 Å². The first-order valence-electron chi connectivity index (χ1n) is 6.45. The molecule has 0 aromatic heterocycles. The summed E-state index contributed by atoms with van der Waals surface area (Å²) in [6, 6.07) is 0. The SMILES string of the molecule is CCOP(=O)(C/C(C)=C/C=C/[Si](C)(C)C)OCC. The van der Waals surface area contributed by atoms with Crippen LogP contribution >= 0.6 is 7.60 Å². The maximum absolute atomic E-state index is 12.3. The summed E-state index contributed by atoms with van der Waals surface area (Å²) in [5.41, 5.74) is 3.28. The van der Waals surface area contributed by atoms with Crippen LogP contribution in [0, 0.1) is 0 Å². The van der Waals surface area contributed by atoms with E-state index in [0.717, 1.165) is 5.57 Å². The Morgan fingerprint density at radius 2 is 1.67 bits per heavy atom. The van der Waals surface area contributed by atoms with Crippen molar-refractivity contribution in [2.24, 2.45) is 0 Å². The maximum atomic E-state index is 12.3. The van der Waals surface area contributed by atoms with E-state index in [-0.39, 0.29) is 0 Å². The molecule has 0 bridgehead atoms. The van der Waals surface area contributed by atoms with Crippen LogP contribution < -0.4 is 0 Å². The Kier molecular flexibility index (Phi) is 8.04. The lowest BCUT2D eigenvalue weighted by Gasteiger charge is -2.17. The minimum absolute atomic E-state index is 0.366.